The van der Waals surface area contributed by atoms with Crippen LogP contribution in [0.4, 0.5) is 4.79 Å². The number of ether oxygens (including phenoxy) is 2. The standard InChI is InChI=1S/C24H37N5O3/c1-28(17-7-6-8-17)24(30)31-15-20(29(2)26)22(25)19-13-14-21(23(27-19)16-11-12-16)32-18-9-4-3-5-10-18/h13-14,16-18H,3-12,15,25-26H2,1-2H3/b22-20-. The Bertz CT molecular complexity index is 842. The van der Waals surface area contributed by atoms with Crippen LogP contribution < -0.4 is 16.3 Å². The van der Waals surface area contributed by atoms with Crippen LogP contribution >= 0.6 is 0 Å². The highest BCUT2D eigenvalue weighted by Crippen LogP contribution is 2.44. The van der Waals surface area contributed by atoms with E-state index in [0.717, 1.165) is 56.4 Å². The smallest absolute Gasteiger partial charge is 0.410 e. The van der Waals surface area contributed by atoms with E-state index in [1.807, 2.05) is 12.1 Å². The Morgan fingerprint density at radius 1 is 1.06 bits per heavy atom. The number of carbonyl (C=O) groups is 1. The van der Waals surface area contributed by atoms with Gasteiger partial charge in [-0.3, -0.25) is 0 Å². The van der Waals surface area contributed by atoms with Crippen molar-refractivity contribution in [2.45, 2.75) is 82.3 Å². The summed E-state index contributed by atoms with van der Waals surface area (Å²) in [6.45, 7) is -0.00447. The maximum absolute atomic E-state index is 12.4. The Kier molecular flexibility index (Phi) is 7.08. The molecule has 0 saturated heterocycles. The molecule has 0 atom stereocenters. The summed E-state index contributed by atoms with van der Waals surface area (Å²) in [7, 11) is 3.47. The van der Waals surface area contributed by atoms with Crippen molar-refractivity contribution in [2.75, 3.05) is 20.7 Å². The second-order valence-electron chi connectivity index (χ2n) is 9.45. The molecular weight excluding hydrogens is 406 g/mol. The average molecular weight is 444 g/mol. The van der Waals surface area contributed by atoms with E-state index in [1.165, 1.54) is 24.3 Å². The molecule has 0 aromatic carbocycles. The lowest BCUT2D eigenvalue weighted by Gasteiger charge is -2.34. The molecule has 1 aromatic rings. The molecule has 3 saturated carbocycles. The predicted octanol–water partition coefficient (Wildman–Crippen LogP) is 3.72. The van der Waals surface area contributed by atoms with E-state index in [4.69, 9.17) is 26.0 Å². The third-order valence-electron chi connectivity index (χ3n) is 6.95. The zero-order valence-electron chi connectivity index (χ0n) is 19.4. The summed E-state index contributed by atoms with van der Waals surface area (Å²) in [6.07, 6.45) is 11.3. The molecule has 8 heteroatoms. The van der Waals surface area contributed by atoms with E-state index in [1.54, 1.807) is 19.0 Å². The van der Waals surface area contributed by atoms with Crippen LogP contribution in [0.3, 0.4) is 0 Å². The highest BCUT2D eigenvalue weighted by Gasteiger charge is 2.31. The highest BCUT2D eigenvalue weighted by atomic mass is 16.6. The number of carbonyl (C=O) groups excluding carboxylic acids is 1. The molecule has 3 aliphatic carbocycles. The van der Waals surface area contributed by atoms with Crippen LogP contribution in [0.5, 0.6) is 5.75 Å². The number of likely N-dealkylation sites (N-methyl/N-ethyl adjacent to an activating group) is 1. The molecule has 1 heterocycles. The van der Waals surface area contributed by atoms with Crippen LogP contribution in [-0.2, 0) is 4.74 Å². The second-order valence-corrected chi connectivity index (χ2v) is 9.45. The van der Waals surface area contributed by atoms with Gasteiger partial charge in [-0.2, -0.15) is 0 Å². The quantitative estimate of drug-likeness (QED) is 0.466. The summed E-state index contributed by atoms with van der Waals surface area (Å²) < 4.78 is 11.9. The van der Waals surface area contributed by atoms with Gasteiger partial charge in [0.05, 0.1) is 28.9 Å². The van der Waals surface area contributed by atoms with Crippen molar-refractivity contribution in [3.63, 3.8) is 0 Å². The first kappa shape index (κ1) is 22.7. The Balaban J connectivity index is 1.49. The first-order valence-corrected chi connectivity index (χ1v) is 12.0. The number of rotatable bonds is 8. The number of pyridine rings is 1. The maximum Gasteiger partial charge on any atom is 0.410 e. The number of hydrazine groups is 1. The van der Waals surface area contributed by atoms with Crippen LogP contribution in [0.25, 0.3) is 5.70 Å². The first-order valence-electron chi connectivity index (χ1n) is 12.0. The molecule has 3 aliphatic rings. The number of nitrogens with two attached hydrogens (primary N) is 2. The minimum absolute atomic E-state index is 0.00447. The molecule has 4 rings (SSSR count). The van der Waals surface area contributed by atoms with Crippen molar-refractivity contribution in [2.24, 2.45) is 11.6 Å². The van der Waals surface area contributed by atoms with Crippen molar-refractivity contribution in [3.8, 4) is 5.75 Å². The third-order valence-corrected chi connectivity index (χ3v) is 6.95. The molecule has 0 radical (unpaired) electrons. The molecule has 0 unspecified atom stereocenters. The molecule has 0 spiro atoms. The van der Waals surface area contributed by atoms with Gasteiger partial charge in [0.2, 0.25) is 0 Å². The van der Waals surface area contributed by atoms with Crippen molar-refractivity contribution >= 4 is 11.8 Å². The van der Waals surface area contributed by atoms with Gasteiger partial charge in [-0.1, -0.05) is 6.42 Å². The molecule has 4 N–H and O–H groups in total. The van der Waals surface area contributed by atoms with E-state index >= 15 is 0 Å². The average Bonchev–Trinajstić information content (AvgIpc) is 3.58. The van der Waals surface area contributed by atoms with Gasteiger partial charge in [-0.15, -0.1) is 0 Å². The van der Waals surface area contributed by atoms with Crippen LogP contribution in [0.15, 0.2) is 17.8 Å². The number of aromatic nitrogens is 1. The molecule has 0 aliphatic heterocycles. The normalized spacial score (nSPS) is 20.2. The molecule has 1 aromatic heterocycles. The van der Waals surface area contributed by atoms with E-state index in [2.05, 4.69) is 0 Å². The van der Waals surface area contributed by atoms with Crippen molar-refractivity contribution in [3.05, 3.63) is 29.2 Å². The van der Waals surface area contributed by atoms with E-state index < -0.39 is 0 Å². The number of amides is 1. The van der Waals surface area contributed by atoms with Gasteiger partial charge in [0.15, 0.2) is 0 Å². The molecule has 3 fully saturated rings. The van der Waals surface area contributed by atoms with E-state index in [-0.39, 0.29) is 24.8 Å². The van der Waals surface area contributed by atoms with Gasteiger partial charge < -0.3 is 25.1 Å². The minimum atomic E-state index is -0.357. The molecular formula is C24H37N5O3. The Morgan fingerprint density at radius 3 is 2.38 bits per heavy atom. The van der Waals surface area contributed by atoms with Crippen molar-refractivity contribution in [1.82, 2.24) is 14.9 Å². The van der Waals surface area contributed by atoms with Crippen LogP contribution in [0.1, 0.15) is 81.5 Å². The zero-order chi connectivity index (χ0) is 22.7. The fourth-order valence-corrected chi connectivity index (χ4v) is 4.40. The SMILES string of the molecule is CN(N)/C(COC(=O)N(C)C1CCC1)=C(\N)c1ccc(OC2CCCCC2)c(C2CC2)n1. The zero-order valence-corrected chi connectivity index (χ0v) is 19.4. The lowest BCUT2D eigenvalue weighted by molar-refractivity contribution is 0.0821. The first-order chi connectivity index (χ1) is 15.4. The molecule has 8 nitrogen and oxygen atoms in total. The lowest BCUT2D eigenvalue weighted by atomic mass is 9.92. The van der Waals surface area contributed by atoms with Crippen LogP contribution in [-0.4, -0.2) is 53.8 Å². The predicted molar refractivity (Wildman–Crippen MR) is 124 cm³/mol. The monoisotopic (exact) mass is 443 g/mol. The Morgan fingerprint density at radius 2 is 1.78 bits per heavy atom. The minimum Gasteiger partial charge on any atom is -0.489 e. The van der Waals surface area contributed by atoms with E-state index in [9.17, 15) is 4.79 Å². The van der Waals surface area contributed by atoms with Crippen molar-refractivity contribution in [1.29, 1.82) is 0 Å². The van der Waals surface area contributed by atoms with Crippen LogP contribution in [0.2, 0.25) is 0 Å². The van der Waals surface area contributed by atoms with Crippen molar-refractivity contribution < 1.29 is 14.3 Å². The van der Waals surface area contributed by atoms with E-state index in [0.29, 0.717) is 23.0 Å². The maximum atomic E-state index is 12.4. The Hall–Kier alpha value is -2.48. The Labute approximate surface area is 190 Å². The summed E-state index contributed by atoms with van der Waals surface area (Å²) in [5, 5.41) is 1.40. The highest BCUT2D eigenvalue weighted by molar-refractivity contribution is 5.69. The molecule has 32 heavy (non-hydrogen) atoms. The summed E-state index contributed by atoms with van der Waals surface area (Å²) in [4.78, 5) is 18.9. The van der Waals surface area contributed by atoms with Gasteiger partial charge >= 0.3 is 6.09 Å². The molecule has 176 valence electrons. The number of hydrogen-bond donors (Lipinski definition) is 2. The fourth-order valence-electron chi connectivity index (χ4n) is 4.40. The fraction of sp³-hybridized carbons (Fsp3) is 0.667. The number of nitrogens with zero attached hydrogens (tertiary/aromatic N) is 3. The van der Waals surface area contributed by atoms with Crippen LogP contribution in [0, 0.1) is 0 Å². The second kappa shape index (κ2) is 9.98. The van der Waals surface area contributed by atoms with Gasteiger partial charge in [-0.25, -0.2) is 15.6 Å². The summed E-state index contributed by atoms with van der Waals surface area (Å²) in [6, 6.07) is 4.13. The lowest BCUT2D eigenvalue weighted by Crippen LogP contribution is -2.42. The topological polar surface area (TPSA) is 107 Å². The third kappa shape index (κ3) is 5.28. The van der Waals surface area contributed by atoms with Gasteiger partial charge in [0, 0.05) is 26.1 Å². The summed E-state index contributed by atoms with van der Waals surface area (Å²) in [5.41, 5.74) is 9.03. The molecule has 1 amide bonds. The van der Waals surface area contributed by atoms with Gasteiger partial charge in [0.25, 0.3) is 0 Å². The van der Waals surface area contributed by atoms with Gasteiger partial charge in [-0.05, 0) is 69.9 Å². The summed E-state index contributed by atoms with van der Waals surface area (Å²) in [5.74, 6) is 7.34. The number of hydrogen-bond acceptors (Lipinski definition) is 7. The molecule has 0 bridgehead atoms. The van der Waals surface area contributed by atoms with Gasteiger partial charge in [0.1, 0.15) is 12.4 Å². The largest absolute Gasteiger partial charge is 0.489 e. The summed E-state index contributed by atoms with van der Waals surface area (Å²) >= 11 is 0.